The SMILES string of the molecule is CCCc1ccc2c(N)c(C(=O)NCCc3ccc(OC)c(OC)c3)sc2n1. The van der Waals surface area contributed by atoms with E-state index in [1.54, 1.807) is 14.2 Å². The number of pyridine rings is 1. The zero-order valence-electron chi connectivity index (χ0n) is 16.4. The number of ether oxygens (including phenoxy) is 2. The lowest BCUT2D eigenvalue weighted by Gasteiger charge is -2.10. The summed E-state index contributed by atoms with van der Waals surface area (Å²) in [5.74, 6) is 1.19. The van der Waals surface area contributed by atoms with Gasteiger partial charge in [-0.25, -0.2) is 4.98 Å². The minimum atomic E-state index is -0.169. The number of hydrogen-bond acceptors (Lipinski definition) is 6. The predicted octanol–water partition coefficient (Wildman–Crippen LogP) is 3.82. The lowest BCUT2D eigenvalue weighted by molar-refractivity contribution is 0.0959. The Morgan fingerprint density at radius 1 is 1.14 bits per heavy atom. The van der Waals surface area contributed by atoms with E-state index in [0.29, 0.717) is 35.0 Å². The van der Waals surface area contributed by atoms with Crippen molar-refractivity contribution in [3.05, 3.63) is 46.5 Å². The maximum absolute atomic E-state index is 12.6. The first-order valence-corrected chi connectivity index (χ1v) is 10.1. The van der Waals surface area contributed by atoms with Crippen molar-refractivity contribution in [1.29, 1.82) is 0 Å². The van der Waals surface area contributed by atoms with E-state index in [9.17, 15) is 4.79 Å². The summed E-state index contributed by atoms with van der Waals surface area (Å²) in [5.41, 5.74) is 8.77. The number of nitrogens with zero attached hydrogens (tertiary/aromatic N) is 1. The van der Waals surface area contributed by atoms with Crippen LogP contribution in [0.3, 0.4) is 0 Å². The van der Waals surface area contributed by atoms with Gasteiger partial charge >= 0.3 is 0 Å². The number of hydrogen-bond donors (Lipinski definition) is 2. The van der Waals surface area contributed by atoms with Crippen LogP contribution in [0.4, 0.5) is 5.69 Å². The van der Waals surface area contributed by atoms with E-state index in [1.165, 1.54) is 11.3 Å². The lowest BCUT2D eigenvalue weighted by Crippen LogP contribution is -2.25. The summed E-state index contributed by atoms with van der Waals surface area (Å²) in [6, 6.07) is 9.67. The van der Waals surface area contributed by atoms with Crippen LogP contribution in [0.5, 0.6) is 11.5 Å². The predicted molar refractivity (Wildman–Crippen MR) is 114 cm³/mol. The molecule has 0 unspecified atom stereocenters. The Bertz CT molecular complexity index is 984. The average molecular weight is 400 g/mol. The van der Waals surface area contributed by atoms with Gasteiger partial charge in [0.25, 0.3) is 5.91 Å². The highest BCUT2D eigenvalue weighted by molar-refractivity contribution is 7.21. The topological polar surface area (TPSA) is 86.5 Å². The second-order valence-electron chi connectivity index (χ2n) is 6.45. The highest BCUT2D eigenvalue weighted by atomic mass is 32.1. The molecular formula is C21H25N3O3S. The molecule has 3 aromatic rings. The number of rotatable bonds is 8. The highest BCUT2D eigenvalue weighted by Crippen LogP contribution is 2.32. The number of aromatic nitrogens is 1. The quantitative estimate of drug-likeness (QED) is 0.601. The third-order valence-electron chi connectivity index (χ3n) is 4.51. The number of methoxy groups -OCH3 is 2. The van der Waals surface area contributed by atoms with Gasteiger partial charge in [-0.05, 0) is 42.7 Å². The van der Waals surface area contributed by atoms with Crippen LogP contribution >= 0.6 is 11.3 Å². The van der Waals surface area contributed by atoms with Crippen LogP contribution in [0, 0.1) is 0 Å². The number of nitrogen functional groups attached to an aromatic ring is 1. The second kappa shape index (κ2) is 8.93. The standard InChI is InChI=1S/C21H25N3O3S/c1-4-5-14-7-8-15-18(22)19(28-21(15)24-14)20(25)23-11-10-13-6-9-16(26-2)17(12-13)27-3/h6-9,12H,4-5,10-11,22H2,1-3H3,(H,23,25). The summed E-state index contributed by atoms with van der Waals surface area (Å²) < 4.78 is 10.6. The maximum atomic E-state index is 12.6. The molecule has 28 heavy (non-hydrogen) atoms. The van der Waals surface area contributed by atoms with Crippen molar-refractivity contribution in [1.82, 2.24) is 10.3 Å². The molecular weight excluding hydrogens is 374 g/mol. The molecule has 3 rings (SSSR count). The highest BCUT2D eigenvalue weighted by Gasteiger charge is 2.17. The Kier molecular flexibility index (Phi) is 6.36. The van der Waals surface area contributed by atoms with Crippen molar-refractivity contribution in [2.45, 2.75) is 26.2 Å². The molecule has 0 saturated carbocycles. The minimum Gasteiger partial charge on any atom is -0.493 e. The van der Waals surface area contributed by atoms with Crippen LogP contribution in [0.15, 0.2) is 30.3 Å². The lowest BCUT2D eigenvalue weighted by atomic mass is 10.1. The van der Waals surface area contributed by atoms with Crippen LogP contribution in [0.2, 0.25) is 0 Å². The molecule has 0 atom stereocenters. The van der Waals surface area contributed by atoms with Gasteiger partial charge in [0.1, 0.15) is 9.71 Å². The Morgan fingerprint density at radius 3 is 2.64 bits per heavy atom. The molecule has 6 nitrogen and oxygen atoms in total. The summed E-state index contributed by atoms with van der Waals surface area (Å²) in [6.07, 6.45) is 2.62. The van der Waals surface area contributed by atoms with Gasteiger partial charge in [0.2, 0.25) is 0 Å². The van der Waals surface area contributed by atoms with E-state index in [0.717, 1.165) is 34.3 Å². The van der Waals surface area contributed by atoms with Crippen LogP contribution in [0.1, 0.15) is 34.3 Å². The van der Waals surface area contributed by atoms with Crippen LogP contribution in [-0.4, -0.2) is 31.7 Å². The second-order valence-corrected chi connectivity index (χ2v) is 7.44. The summed E-state index contributed by atoms with van der Waals surface area (Å²) in [4.78, 5) is 18.6. The fourth-order valence-corrected chi connectivity index (χ4v) is 4.07. The van der Waals surface area contributed by atoms with Crippen LogP contribution in [0.25, 0.3) is 10.2 Å². The fraction of sp³-hybridized carbons (Fsp3) is 0.333. The van der Waals surface area contributed by atoms with Crippen LogP contribution in [-0.2, 0) is 12.8 Å². The summed E-state index contributed by atoms with van der Waals surface area (Å²) in [7, 11) is 3.21. The van der Waals surface area contributed by atoms with Crippen molar-refractivity contribution < 1.29 is 14.3 Å². The maximum Gasteiger partial charge on any atom is 0.263 e. The number of fused-ring (bicyclic) bond motifs is 1. The Balaban J connectivity index is 1.67. The molecule has 0 fully saturated rings. The van der Waals surface area contributed by atoms with Gasteiger partial charge in [-0.3, -0.25) is 4.79 Å². The van der Waals surface area contributed by atoms with Crippen molar-refractivity contribution >= 4 is 33.1 Å². The van der Waals surface area contributed by atoms with Gasteiger partial charge in [-0.2, -0.15) is 0 Å². The molecule has 0 aliphatic heterocycles. The molecule has 0 spiro atoms. The minimum absolute atomic E-state index is 0.169. The Morgan fingerprint density at radius 2 is 1.93 bits per heavy atom. The molecule has 7 heteroatoms. The number of carbonyl (C=O) groups is 1. The van der Waals surface area contributed by atoms with E-state index in [-0.39, 0.29) is 5.91 Å². The van der Waals surface area contributed by atoms with Gasteiger partial charge in [0.15, 0.2) is 11.5 Å². The number of anilines is 1. The number of thiophene rings is 1. The molecule has 3 N–H and O–H groups in total. The number of nitrogens with two attached hydrogens (primary N) is 1. The van der Waals surface area contributed by atoms with Gasteiger partial charge in [-0.15, -0.1) is 11.3 Å². The number of amides is 1. The summed E-state index contributed by atoms with van der Waals surface area (Å²) >= 11 is 1.34. The number of carbonyl (C=O) groups excluding carboxylic acids is 1. The van der Waals surface area contributed by atoms with Crippen LogP contribution < -0.4 is 20.5 Å². The molecule has 0 aliphatic carbocycles. The average Bonchev–Trinajstić information content (AvgIpc) is 3.04. The molecule has 1 aromatic carbocycles. The van der Waals surface area contributed by atoms with Gasteiger partial charge in [0, 0.05) is 17.6 Å². The summed E-state index contributed by atoms with van der Waals surface area (Å²) in [6.45, 7) is 2.61. The van der Waals surface area contributed by atoms with E-state index in [1.807, 2.05) is 30.3 Å². The van der Waals surface area contributed by atoms with Crippen molar-refractivity contribution in [2.75, 3.05) is 26.5 Å². The van der Waals surface area contributed by atoms with Gasteiger partial charge in [-0.1, -0.05) is 19.4 Å². The zero-order chi connectivity index (χ0) is 20.1. The fourth-order valence-electron chi connectivity index (χ4n) is 3.04. The number of benzene rings is 1. The number of nitrogens with one attached hydrogen (secondary N) is 1. The Hall–Kier alpha value is -2.80. The van der Waals surface area contributed by atoms with Crippen molar-refractivity contribution in [2.24, 2.45) is 0 Å². The first-order chi connectivity index (χ1) is 13.6. The van der Waals surface area contributed by atoms with E-state index >= 15 is 0 Å². The third kappa shape index (κ3) is 4.20. The van der Waals surface area contributed by atoms with Gasteiger partial charge < -0.3 is 20.5 Å². The largest absolute Gasteiger partial charge is 0.493 e. The van der Waals surface area contributed by atoms with E-state index < -0.39 is 0 Å². The Labute approximate surface area is 168 Å². The number of aryl methyl sites for hydroxylation is 1. The third-order valence-corrected chi connectivity index (χ3v) is 5.63. The molecule has 2 heterocycles. The van der Waals surface area contributed by atoms with Crippen molar-refractivity contribution in [3.8, 4) is 11.5 Å². The first-order valence-electron chi connectivity index (χ1n) is 9.24. The normalized spacial score (nSPS) is 10.8. The molecule has 0 bridgehead atoms. The summed E-state index contributed by atoms with van der Waals surface area (Å²) in [5, 5.41) is 3.79. The molecule has 0 aliphatic rings. The monoisotopic (exact) mass is 399 g/mol. The smallest absolute Gasteiger partial charge is 0.263 e. The van der Waals surface area contributed by atoms with Gasteiger partial charge in [0.05, 0.1) is 19.9 Å². The molecule has 0 radical (unpaired) electrons. The molecule has 1 amide bonds. The van der Waals surface area contributed by atoms with E-state index in [4.69, 9.17) is 15.2 Å². The zero-order valence-corrected chi connectivity index (χ0v) is 17.2. The first kappa shape index (κ1) is 19.9. The molecule has 148 valence electrons. The van der Waals surface area contributed by atoms with Crippen molar-refractivity contribution in [3.63, 3.8) is 0 Å². The molecule has 0 saturated heterocycles. The van der Waals surface area contributed by atoms with E-state index in [2.05, 4.69) is 17.2 Å². The molecule has 2 aromatic heterocycles.